The molecule has 0 saturated carbocycles. The van der Waals surface area contributed by atoms with Crippen LogP contribution < -0.4 is 5.32 Å². The summed E-state index contributed by atoms with van der Waals surface area (Å²) in [4.78, 5) is 35.1. The molecule has 1 N–H and O–H groups in total. The van der Waals surface area contributed by atoms with E-state index in [0.29, 0.717) is 54.1 Å². The number of nitrogens with zero attached hydrogens (tertiary/aromatic N) is 3. The predicted molar refractivity (Wildman–Crippen MR) is 110 cm³/mol. The Morgan fingerprint density at radius 1 is 1.24 bits per heavy atom. The van der Waals surface area contributed by atoms with Crippen LogP contribution in [-0.4, -0.2) is 79.5 Å². The number of hydrogen-bond donors (Lipinski definition) is 1. The van der Waals surface area contributed by atoms with Crippen molar-refractivity contribution in [2.45, 2.75) is 12.8 Å². The lowest BCUT2D eigenvalue weighted by Crippen LogP contribution is -2.47. The van der Waals surface area contributed by atoms with Gasteiger partial charge < -0.3 is 19.4 Å². The topological polar surface area (TPSA) is 87.9 Å². The smallest absolute Gasteiger partial charge is 0.240 e. The molecule has 0 unspecified atom stereocenters. The van der Waals surface area contributed by atoms with Crippen molar-refractivity contribution in [3.8, 4) is 11.5 Å². The first-order valence-corrected chi connectivity index (χ1v) is 10.8. The minimum atomic E-state index is -0.112. The van der Waals surface area contributed by atoms with Crippen LogP contribution in [0.4, 0.5) is 5.13 Å². The van der Waals surface area contributed by atoms with Crippen LogP contribution in [0, 0.1) is 5.92 Å². The molecule has 2 aromatic heterocycles. The Morgan fingerprint density at radius 3 is 2.69 bits per heavy atom. The fraction of sp³-hybridized carbons (Fsp3) is 0.550. The third-order valence-electron chi connectivity index (χ3n) is 5.41. The molecule has 0 aliphatic carbocycles. The van der Waals surface area contributed by atoms with Crippen molar-refractivity contribution in [2.75, 3.05) is 58.3 Å². The maximum absolute atomic E-state index is 13.1. The summed E-state index contributed by atoms with van der Waals surface area (Å²) in [6.45, 7) is 5.17. The maximum atomic E-state index is 13.1. The number of ether oxygens (including phenoxy) is 1. The Morgan fingerprint density at radius 2 is 2.00 bits per heavy atom. The predicted octanol–water partition coefficient (Wildman–Crippen LogP) is 2.20. The fourth-order valence-corrected chi connectivity index (χ4v) is 4.64. The first kappa shape index (κ1) is 20.2. The Hall–Kier alpha value is -2.07. The summed E-state index contributed by atoms with van der Waals surface area (Å²) >= 11 is 1.23. The Labute approximate surface area is 173 Å². The van der Waals surface area contributed by atoms with Crippen LogP contribution in [0.2, 0.25) is 0 Å². The van der Waals surface area contributed by atoms with E-state index in [9.17, 15) is 9.59 Å². The summed E-state index contributed by atoms with van der Waals surface area (Å²) in [7, 11) is 2.08. The standard InChI is InChI=1S/C20H26N4O4S/c1-23-6-8-24(9-7-23)13-16(25)21-20-22-17(15-3-2-10-28-15)19(29-20)18(26)14-4-11-27-12-5-14/h2-3,10,14H,4-9,11-13H2,1H3,(H,21,22,25). The molecule has 29 heavy (non-hydrogen) atoms. The number of amides is 1. The lowest BCUT2D eigenvalue weighted by atomic mass is 9.94. The minimum absolute atomic E-state index is 0.0526. The summed E-state index contributed by atoms with van der Waals surface area (Å²) in [5.41, 5.74) is 0.506. The third kappa shape index (κ3) is 4.92. The lowest BCUT2D eigenvalue weighted by Gasteiger charge is -2.31. The molecule has 1 amide bonds. The average Bonchev–Trinajstić information content (AvgIpc) is 3.39. The molecule has 2 aromatic rings. The van der Waals surface area contributed by atoms with Gasteiger partial charge in [0.1, 0.15) is 10.6 Å². The van der Waals surface area contributed by atoms with Crippen LogP contribution >= 0.6 is 11.3 Å². The summed E-state index contributed by atoms with van der Waals surface area (Å²) in [5, 5.41) is 3.31. The van der Waals surface area contributed by atoms with Crippen molar-refractivity contribution in [1.29, 1.82) is 0 Å². The number of ketones is 1. The first-order valence-electron chi connectivity index (χ1n) is 9.97. The van der Waals surface area contributed by atoms with Gasteiger partial charge in [0.05, 0.1) is 12.8 Å². The maximum Gasteiger partial charge on any atom is 0.240 e. The van der Waals surface area contributed by atoms with E-state index >= 15 is 0 Å². The van der Waals surface area contributed by atoms with E-state index in [0.717, 1.165) is 26.2 Å². The number of carbonyl (C=O) groups is 2. The second kappa shape index (κ2) is 9.17. The number of anilines is 1. The van der Waals surface area contributed by atoms with E-state index < -0.39 is 0 Å². The van der Waals surface area contributed by atoms with Crippen LogP contribution in [0.15, 0.2) is 22.8 Å². The van der Waals surface area contributed by atoms with E-state index in [1.54, 1.807) is 18.4 Å². The molecule has 2 aliphatic rings. The zero-order valence-corrected chi connectivity index (χ0v) is 17.4. The van der Waals surface area contributed by atoms with Gasteiger partial charge in [-0.2, -0.15) is 0 Å². The van der Waals surface area contributed by atoms with E-state index in [1.807, 2.05) is 0 Å². The number of nitrogens with one attached hydrogen (secondary N) is 1. The molecule has 8 nitrogen and oxygen atoms in total. The molecule has 156 valence electrons. The number of Topliss-reactive ketones (excluding diaryl/α,β-unsaturated/α-hetero) is 1. The summed E-state index contributed by atoms with van der Waals surface area (Å²) in [5.74, 6) is 0.402. The second-order valence-corrected chi connectivity index (χ2v) is 8.55. The van der Waals surface area contributed by atoms with Crippen LogP contribution in [-0.2, 0) is 9.53 Å². The molecule has 2 fully saturated rings. The number of furan rings is 1. The number of rotatable bonds is 6. The first-order chi connectivity index (χ1) is 14.1. The van der Waals surface area contributed by atoms with Gasteiger partial charge in [-0.15, -0.1) is 0 Å². The highest BCUT2D eigenvalue weighted by molar-refractivity contribution is 7.18. The number of aromatic nitrogens is 1. The highest BCUT2D eigenvalue weighted by Crippen LogP contribution is 2.35. The lowest BCUT2D eigenvalue weighted by molar-refractivity contribution is -0.117. The Bertz CT molecular complexity index is 837. The van der Waals surface area contributed by atoms with Crippen molar-refractivity contribution >= 4 is 28.2 Å². The highest BCUT2D eigenvalue weighted by Gasteiger charge is 2.29. The van der Waals surface area contributed by atoms with E-state index in [-0.39, 0.29) is 17.6 Å². The SMILES string of the molecule is CN1CCN(CC(=O)Nc2nc(-c3ccco3)c(C(=O)C3CCOCC3)s2)CC1. The molecule has 0 atom stereocenters. The van der Waals surface area contributed by atoms with Gasteiger partial charge >= 0.3 is 0 Å². The summed E-state index contributed by atoms with van der Waals surface area (Å²) in [6, 6.07) is 3.55. The Kier molecular flexibility index (Phi) is 6.39. The molecular weight excluding hydrogens is 392 g/mol. The minimum Gasteiger partial charge on any atom is -0.463 e. The van der Waals surface area contributed by atoms with E-state index in [2.05, 4.69) is 27.1 Å². The number of hydrogen-bond acceptors (Lipinski definition) is 8. The van der Waals surface area contributed by atoms with Gasteiger partial charge in [-0.25, -0.2) is 4.98 Å². The van der Waals surface area contributed by atoms with Gasteiger partial charge in [-0.05, 0) is 32.0 Å². The number of carbonyl (C=O) groups excluding carboxylic acids is 2. The highest BCUT2D eigenvalue weighted by atomic mass is 32.1. The zero-order valence-electron chi connectivity index (χ0n) is 16.6. The molecule has 2 aliphatic heterocycles. The van der Waals surface area contributed by atoms with Gasteiger partial charge in [0, 0.05) is 45.3 Å². The molecule has 0 bridgehead atoms. The zero-order chi connectivity index (χ0) is 20.2. The van der Waals surface area contributed by atoms with Gasteiger partial charge in [0.2, 0.25) is 5.91 Å². The average molecular weight is 419 g/mol. The van der Waals surface area contributed by atoms with Gasteiger partial charge in [-0.1, -0.05) is 11.3 Å². The van der Waals surface area contributed by atoms with E-state index in [4.69, 9.17) is 9.15 Å². The summed E-state index contributed by atoms with van der Waals surface area (Å²) in [6.07, 6.45) is 2.97. The molecule has 0 spiro atoms. The molecule has 4 rings (SSSR count). The molecule has 4 heterocycles. The molecular formula is C20H26N4O4S. The van der Waals surface area contributed by atoms with Gasteiger partial charge in [0.25, 0.3) is 0 Å². The number of piperazine rings is 1. The van der Waals surface area contributed by atoms with E-state index in [1.165, 1.54) is 11.3 Å². The van der Waals surface area contributed by atoms with Crippen LogP contribution in [0.1, 0.15) is 22.5 Å². The molecule has 0 radical (unpaired) electrons. The fourth-order valence-electron chi connectivity index (χ4n) is 3.63. The second-order valence-electron chi connectivity index (χ2n) is 7.55. The van der Waals surface area contributed by atoms with Crippen molar-refractivity contribution in [3.63, 3.8) is 0 Å². The van der Waals surface area contributed by atoms with Crippen LogP contribution in [0.3, 0.4) is 0 Å². The van der Waals surface area contributed by atoms with Gasteiger partial charge in [-0.3, -0.25) is 14.5 Å². The van der Waals surface area contributed by atoms with Gasteiger partial charge in [0.15, 0.2) is 16.7 Å². The van der Waals surface area contributed by atoms with Crippen molar-refractivity contribution < 1.29 is 18.7 Å². The largest absolute Gasteiger partial charge is 0.463 e. The van der Waals surface area contributed by atoms with Crippen molar-refractivity contribution in [3.05, 3.63) is 23.3 Å². The molecule has 2 saturated heterocycles. The summed E-state index contributed by atoms with van der Waals surface area (Å²) < 4.78 is 10.9. The van der Waals surface area contributed by atoms with Crippen molar-refractivity contribution in [2.24, 2.45) is 5.92 Å². The third-order valence-corrected chi connectivity index (χ3v) is 6.39. The Balaban J connectivity index is 1.48. The number of likely N-dealkylation sites (N-methyl/N-ethyl adjacent to an activating group) is 1. The van der Waals surface area contributed by atoms with Crippen LogP contribution in [0.5, 0.6) is 0 Å². The normalized spacial score (nSPS) is 19.3. The van der Waals surface area contributed by atoms with Crippen LogP contribution in [0.25, 0.3) is 11.5 Å². The van der Waals surface area contributed by atoms with Crippen molar-refractivity contribution in [1.82, 2.24) is 14.8 Å². The monoisotopic (exact) mass is 418 g/mol. The number of thiazole rings is 1. The molecule has 0 aromatic carbocycles. The quantitative estimate of drug-likeness (QED) is 0.720. The molecule has 9 heteroatoms.